The number of aliphatic hydroxyl groups excluding tert-OH is 1. The average Bonchev–Trinajstić information content (AvgIpc) is 2.84. The minimum Gasteiger partial charge on any atom is -0.471 e. The Kier molecular flexibility index (Phi) is 4.30. The highest BCUT2D eigenvalue weighted by atomic mass is 16.5. The molecule has 0 amide bonds. The number of ether oxygens (including phenoxy) is 1. The normalized spacial score (nSPS) is 18.5. The number of aromatic nitrogens is 2. The first-order chi connectivity index (χ1) is 8.40. The zero-order valence-corrected chi connectivity index (χ0v) is 9.52. The first-order valence-electron chi connectivity index (χ1n) is 5.68. The predicted octanol–water partition coefficient (Wildman–Crippen LogP) is -0.0488. The minimum absolute atomic E-state index is 0.0516. The second kappa shape index (κ2) is 6.18. The second-order valence-electron chi connectivity index (χ2n) is 3.72. The van der Waals surface area contributed by atoms with Crippen molar-refractivity contribution in [1.82, 2.24) is 15.3 Å². The van der Waals surface area contributed by atoms with Gasteiger partial charge in [-0.05, 0) is 18.9 Å². The Bertz CT molecular complexity index is 419. The monoisotopic (exact) mass is 233 g/mol. The molecule has 2 N–H and O–H groups in total. The van der Waals surface area contributed by atoms with Crippen molar-refractivity contribution in [2.75, 3.05) is 19.7 Å². The SMILES string of the molecule is OCCC#Cc1nccnc1OC1CCNC1. The third-order valence-corrected chi connectivity index (χ3v) is 2.40. The lowest BCUT2D eigenvalue weighted by Gasteiger charge is -2.11. The van der Waals surface area contributed by atoms with Gasteiger partial charge in [-0.15, -0.1) is 0 Å². The van der Waals surface area contributed by atoms with E-state index < -0.39 is 0 Å². The summed E-state index contributed by atoms with van der Waals surface area (Å²) in [6, 6.07) is 0. The van der Waals surface area contributed by atoms with E-state index in [9.17, 15) is 0 Å². The highest BCUT2D eigenvalue weighted by molar-refractivity contribution is 5.35. The summed E-state index contributed by atoms with van der Waals surface area (Å²) in [5, 5.41) is 11.9. The molecule has 1 aliphatic rings. The number of hydrogen-bond donors (Lipinski definition) is 2. The molecule has 1 fully saturated rings. The van der Waals surface area contributed by atoms with Gasteiger partial charge in [0.05, 0.1) is 6.61 Å². The van der Waals surface area contributed by atoms with Crippen LogP contribution in [-0.2, 0) is 0 Å². The van der Waals surface area contributed by atoms with E-state index >= 15 is 0 Å². The zero-order valence-electron chi connectivity index (χ0n) is 9.52. The summed E-state index contributed by atoms with van der Waals surface area (Å²) < 4.78 is 5.74. The lowest BCUT2D eigenvalue weighted by atomic mass is 10.3. The molecule has 0 radical (unpaired) electrons. The third kappa shape index (κ3) is 3.41. The predicted molar refractivity (Wildman–Crippen MR) is 62.5 cm³/mol. The first-order valence-corrected chi connectivity index (χ1v) is 5.68. The van der Waals surface area contributed by atoms with Crippen molar-refractivity contribution in [2.24, 2.45) is 0 Å². The Labute approximate surface area is 100 Å². The molecular weight excluding hydrogens is 218 g/mol. The summed E-state index contributed by atoms with van der Waals surface area (Å²) in [6.07, 6.45) is 4.73. The molecule has 90 valence electrons. The highest BCUT2D eigenvalue weighted by Crippen LogP contribution is 2.14. The van der Waals surface area contributed by atoms with Crippen molar-refractivity contribution in [3.63, 3.8) is 0 Å². The summed E-state index contributed by atoms with van der Waals surface area (Å²) in [6.45, 7) is 1.85. The molecular formula is C12H15N3O2. The molecule has 1 atom stereocenters. The van der Waals surface area contributed by atoms with Crippen LogP contribution in [0.3, 0.4) is 0 Å². The summed E-state index contributed by atoms with van der Waals surface area (Å²) in [7, 11) is 0. The smallest absolute Gasteiger partial charge is 0.249 e. The van der Waals surface area contributed by atoms with Crippen LogP contribution in [0.4, 0.5) is 0 Å². The average molecular weight is 233 g/mol. The number of nitrogens with one attached hydrogen (secondary N) is 1. The fraction of sp³-hybridized carbons (Fsp3) is 0.500. The fourth-order valence-electron chi connectivity index (χ4n) is 1.59. The van der Waals surface area contributed by atoms with Crippen molar-refractivity contribution in [3.8, 4) is 17.7 Å². The second-order valence-corrected chi connectivity index (χ2v) is 3.72. The number of nitrogens with zero attached hydrogens (tertiary/aromatic N) is 2. The quantitative estimate of drug-likeness (QED) is 0.717. The van der Waals surface area contributed by atoms with Crippen molar-refractivity contribution >= 4 is 0 Å². The molecule has 1 aromatic rings. The van der Waals surface area contributed by atoms with Gasteiger partial charge < -0.3 is 15.2 Å². The van der Waals surface area contributed by atoms with E-state index in [0.717, 1.165) is 19.5 Å². The topological polar surface area (TPSA) is 67.3 Å². The number of hydrogen-bond acceptors (Lipinski definition) is 5. The van der Waals surface area contributed by atoms with E-state index in [0.29, 0.717) is 18.0 Å². The molecule has 0 spiro atoms. The molecule has 1 aliphatic heterocycles. The van der Waals surface area contributed by atoms with Gasteiger partial charge in [0.15, 0.2) is 5.69 Å². The van der Waals surface area contributed by atoms with E-state index in [1.165, 1.54) is 0 Å². The van der Waals surface area contributed by atoms with Gasteiger partial charge in [0.2, 0.25) is 5.88 Å². The van der Waals surface area contributed by atoms with Crippen LogP contribution in [0, 0.1) is 11.8 Å². The van der Waals surface area contributed by atoms with Gasteiger partial charge in [-0.3, -0.25) is 0 Å². The maximum absolute atomic E-state index is 8.67. The van der Waals surface area contributed by atoms with Crippen LogP contribution < -0.4 is 10.1 Å². The van der Waals surface area contributed by atoms with Gasteiger partial charge in [0, 0.05) is 25.4 Å². The summed E-state index contributed by atoms with van der Waals surface area (Å²) in [4.78, 5) is 8.27. The Hall–Kier alpha value is -1.64. The maximum atomic E-state index is 8.67. The van der Waals surface area contributed by atoms with Gasteiger partial charge in [0.25, 0.3) is 0 Å². The van der Waals surface area contributed by atoms with Gasteiger partial charge in [-0.1, -0.05) is 5.92 Å². The van der Waals surface area contributed by atoms with Crippen LogP contribution in [0.2, 0.25) is 0 Å². The Morgan fingerprint density at radius 3 is 3.12 bits per heavy atom. The molecule has 0 bridgehead atoms. The van der Waals surface area contributed by atoms with Gasteiger partial charge >= 0.3 is 0 Å². The number of rotatable bonds is 3. The Morgan fingerprint density at radius 2 is 2.35 bits per heavy atom. The molecule has 2 rings (SSSR count). The molecule has 5 heteroatoms. The first kappa shape index (κ1) is 11.8. The van der Waals surface area contributed by atoms with E-state index in [4.69, 9.17) is 9.84 Å². The Balaban J connectivity index is 2.07. The Morgan fingerprint density at radius 1 is 1.47 bits per heavy atom. The van der Waals surface area contributed by atoms with Crippen LogP contribution >= 0.6 is 0 Å². The van der Waals surface area contributed by atoms with Gasteiger partial charge in [-0.25, -0.2) is 9.97 Å². The molecule has 1 aromatic heterocycles. The summed E-state index contributed by atoms with van der Waals surface area (Å²) >= 11 is 0. The zero-order chi connectivity index (χ0) is 11.9. The minimum atomic E-state index is 0.0516. The van der Waals surface area contributed by atoms with Crippen molar-refractivity contribution in [3.05, 3.63) is 18.1 Å². The van der Waals surface area contributed by atoms with Crippen LogP contribution in [0.5, 0.6) is 5.88 Å². The van der Waals surface area contributed by atoms with E-state index in [-0.39, 0.29) is 12.7 Å². The van der Waals surface area contributed by atoms with E-state index in [1.54, 1.807) is 12.4 Å². The van der Waals surface area contributed by atoms with Crippen LogP contribution in [0.1, 0.15) is 18.5 Å². The molecule has 0 saturated carbocycles. The van der Waals surface area contributed by atoms with Gasteiger partial charge in [0.1, 0.15) is 6.10 Å². The van der Waals surface area contributed by atoms with Crippen molar-refractivity contribution in [2.45, 2.75) is 18.9 Å². The van der Waals surface area contributed by atoms with E-state index in [2.05, 4.69) is 27.1 Å². The highest BCUT2D eigenvalue weighted by Gasteiger charge is 2.18. The standard InChI is InChI=1S/C12H15N3O2/c16-8-2-1-3-11-12(15-7-6-14-11)17-10-4-5-13-9-10/h6-7,10,13,16H,2,4-5,8-9H2. The summed E-state index contributed by atoms with van der Waals surface area (Å²) in [5.41, 5.74) is 0.535. The molecule has 1 saturated heterocycles. The molecule has 0 aliphatic carbocycles. The van der Waals surface area contributed by atoms with Crippen LogP contribution in [0.25, 0.3) is 0 Å². The largest absolute Gasteiger partial charge is 0.471 e. The molecule has 5 nitrogen and oxygen atoms in total. The fourth-order valence-corrected chi connectivity index (χ4v) is 1.59. The molecule has 1 unspecified atom stereocenters. The molecule has 2 heterocycles. The van der Waals surface area contributed by atoms with Crippen LogP contribution in [-0.4, -0.2) is 40.9 Å². The maximum Gasteiger partial charge on any atom is 0.249 e. The molecule has 0 aromatic carbocycles. The van der Waals surface area contributed by atoms with Gasteiger partial charge in [-0.2, -0.15) is 0 Å². The van der Waals surface area contributed by atoms with Crippen molar-refractivity contribution in [1.29, 1.82) is 0 Å². The molecule has 17 heavy (non-hydrogen) atoms. The lowest BCUT2D eigenvalue weighted by Crippen LogP contribution is -2.20. The van der Waals surface area contributed by atoms with Crippen LogP contribution in [0.15, 0.2) is 12.4 Å². The van der Waals surface area contributed by atoms with E-state index in [1.807, 2.05) is 0 Å². The third-order valence-electron chi connectivity index (χ3n) is 2.40. The number of aliphatic hydroxyl groups is 1. The lowest BCUT2D eigenvalue weighted by molar-refractivity contribution is 0.212. The van der Waals surface area contributed by atoms with Crippen molar-refractivity contribution < 1.29 is 9.84 Å². The summed E-state index contributed by atoms with van der Waals surface area (Å²) in [5.74, 6) is 6.16.